The van der Waals surface area contributed by atoms with Gasteiger partial charge in [0.15, 0.2) is 0 Å². The van der Waals surface area contributed by atoms with Crippen LogP contribution >= 0.6 is 0 Å². The van der Waals surface area contributed by atoms with E-state index in [4.69, 9.17) is 5.73 Å². The van der Waals surface area contributed by atoms with Crippen molar-refractivity contribution in [3.63, 3.8) is 0 Å². The summed E-state index contributed by atoms with van der Waals surface area (Å²) in [5.74, 6) is -0.0570. The number of hydrogen-bond acceptors (Lipinski definition) is 4. The molecule has 0 unspecified atom stereocenters. The van der Waals surface area contributed by atoms with Gasteiger partial charge < -0.3 is 11.1 Å². The Morgan fingerprint density at radius 2 is 2.05 bits per heavy atom. The Morgan fingerprint density at radius 1 is 1.38 bits per heavy atom. The number of nitrogens with zero attached hydrogens (tertiary/aromatic N) is 1. The van der Waals surface area contributed by atoms with Crippen LogP contribution in [0.1, 0.15) is 18.4 Å². The molecule has 7 heteroatoms. The van der Waals surface area contributed by atoms with Crippen LogP contribution in [0.25, 0.3) is 0 Å². The minimum absolute atomic E-state index is 0.0385. The number of amides is 1. The Balaban J connectivity index is 1.82. The van der Waals surface area contributed by atoms with Gasteiger partial charge in [-0.05, 0) is 30.5 Å². The second-order valence-corrected chi connectivity index (χ2v) is 7.41. The number of anilines is 1. The van der Waals surface area contributed by atoms with Crippen molar-refractivity contribution in [3.8, 4) is 0 Å². The molecule has 0 bridgehead atoms. The largest absolute Gasteiger partial charge is 0.399 e. The molecule has 1 amide bonds. The number of benzene rings is 1. The summed E-state index contributed by atoms with van der Waals surface area (Å²) < 4.78 is 24.3. The zero-order valence-corrected chi connectivity index (χ0v) is 12.9. The molecule has 1 aromatic rings. The van der Waals surface area contributed by atoms with Crippen LogP contribution in [0.15, 0.2) is 24.3 Å². The average molecular weight is 311 g/mol. The minimum Gasteiger partial charge on any atom is -0.399 e. The number of carbonyl (C=O) groups is 1. The minimum atomic E-state index is -3.12. The maximum Gasteiger partial charge on any atom is 0.224 e. The zero-order chi connectivity index (χ0) is 15.5. The van der Waals surface area contributed by atoms with Crippen LogP contribution in [0, 0.1) is 0 Å². The number of sulfonamides is 1. The third-order valence-corrected chi connectivity index (χ3v) is 4.91. The first-order chi connectivity index (χ1) is 9.84. The van der Waals surface area contributed by atoms with E-state index in [1.54, 1.807) is 12.1 Å². The van der Waals surface area contributed by atoms with Gasteiger partial charge in [-0.3, -0.25) is 4.79 Å². The molecule has 0 spiro atoms. The van der Waals surface area contributed by atoms with Crippen molar-refractivity contribution < 1.29 is 13.2 Å². The number of nitrogens with two attached hydrogens (primary N) is 1. The fourth-order valence-corrected chi connectivity index (χ4v) is 3.37. The van der Waals surface area contributed by atoms with Gasteiger partial charge in [0, 0.05) is 24.8 Å². The number of nitrogens with one attached hydrogen (secondary N) is 1. The maximum absolute atomic E-state index is 12.0. The standard InChI is InChI=1S/C14H21N3O3S/c1-21(19,20)17-7-5-13(6-8-17)16-14(18)10-11-3-2-4-12(15)9-11/h2-4,9,13H,5-8,10,15H2,1H3,(H,16,18). The molecule has 0 aromatic heterocycles. The molecule has 0 aliphatic carbocycles. The van der Waals surface area contributed by atoms with Gasteiger partial charge in [0.25, 0.3) is 0 Å². The van der Waals surface area contributed by atoms with Gasteiger partial charge >= 0.3 is 0 Å². The van der Waals surface area contributed by atoms with Crippen molar-refractivity contribution in [2.75, 3.05) is 25.1 Å². The van der Waals surface area contributed by atoms with Crippen molar-refractivity contribution in [1.29, 1.82) is 0 Å². The maximum atomic E-state index is 12.0. The number of nitrogen functional groups attached to an aromatic ring is 1. The molecule has 1 saturated heterocycles. The van der Waals surface area contributed by atoms with Crippen molar-refractivity contribution in [2.45, 2.75) is 25.3 Å². The number of rotatable bonds is 4. The van der Waals surface area contributed by atoms with Crippen molar-refractivity contribution in [2.24, 2.45) is 0 Å². The molecule has 1 aromatic carbocycles. The molecule has 0 radical (unpaired) electrons. The zero-order valence-electron chi connectivity index (χ0n) is 12.1. The molecule has 3 N–H and O–H groups in total. The summed E-state index contributed by atoms with van der Waals surface area (Å²) in [5, 5.41) is 2.96. The SMILES string of the molecule is CS(=O)(=O)N1CCC(NC(=O)Cc2cccc(N)c2)CC1. The predicted octanol–water partition coefficient (Wildman–Crippen LogP) is 0.352. The molecular formula is C14H21N3O3S. The van der Waals surface area contributed by atoms with E-state index in [1.807, 2.05) is 12.1 Å². The molecule has 21 heavy (non-hydrogen) atoms. The molecule has 1 aliphatic heterocycles. The first kappa shape index (κ1) is 15.8. The van der Waals surface area contributed by atoms with Crippen LogP contribution in [-0.4, -0.2) is 44.0 Å². The van der Waals surface area contributed by atoms with Crippen LogP contribution < -0.4 is 11.1 Å². The van der Waals surface area contributed by atoms with E-state index in [0.29, 0.717) is 31.6 Å². The van der Waals surface area contributed by atoms with Gasteiger partial charge in [0.1, 0.15) is 0 Å². The Hall–Kier alpha value is -1.60. The van der Waals surface area contributed by atoms with Gasteiger partial charge in [-0.15, -0.1) is 0 Å². The lowest BCUT2D eigenvalue weighted by atomic mass is 10.1. The molecule has 6 nitrogen and oxygen atoms in total. The molecule has 1 heterocycles. The van der Waals surface area contributed by atoms with E-state index in [1.165, 1.54) is 10.6 Å². The number of hydrogen-bond donors (Lipinski definition) is 2. The molecule has 1 aliphatic rings. The summed E-state index contributed by atoms with van der Waals surface area (Å²) in [6.07, 6.45) is 2.80. The van der Waals surface area contributed by atoms with Crippen LogP contribution in [-0.2, 0) is 21.2 Å². The van der Waals surface area contributed by atoms with Gasteiger partial charge in [-0.25, -0.2) is 12.7 Å². The molecule has 1 fully saturated rings. The highest BCUT2D eigenvalue weighted by molar-refractivity contribution is 7.88. The average Bonchev–Trinajstić information content (AvgIpc) is 2.38. The number of piperidine rings is 1. The second kappa shape index (κ2) is 6.44. The lowest BCUT2D eigenvalue weighted by Crippen LogP contribution is -2.46. The first-order valence-corrected chi connectivity index (χ1v) is 8.78. The van der Waals surface area contributed by atoms with E-state index < -0.39 is 10.0 Å². The third-order valence-electron chi connectivity index (χ3n) is 3.60. The fourth-order valence-electron chi connectivity index (χ4n) is 2.50. The highest BCUT2D eigenvalue weighted by Crippen LogP contribution is 2.14. The Morgan fingerprint density at radius 3 is 2.62 bits per heavy atom. The normalized spacial score (nSPS) is 17.6. The fraction of sp³-hybridized carbons (Fsp3) is 0.500. The summed E-state index contributed by atoms with van der Waals surface area (Å²) in [6.45, 7) is 0.921. The predicted molar refractivity (Wildman–Crippen MR) is 82.1 cm³/mol. The Labute approximate surface area is 125 Å². The van der Waals surface area contributed by atoms with Crippen LogP contribution in [0.2, 0.25) is 0 Å². The molecular weight excluding hydrogens is 290 g/mol. The van der Waals surface area contributed by atoms with Gasteiger partial charge in [0.05, 0.1) is 12.7 Å². The van der Waals surface area contributed by atoms with E-state index in [2.05, 4.69) is 5.32 Å². The quantitative estimate of drug-likeness (QED) is 0.785. The lowest BCUT2D eigenvalue weighted by molar-refractivity contribution is -0.121. The van der Waals surface area contributed by atoms with Crippen molar-refractivity contribution in [3.05, 3.63) is 29.8 Å². The van der Waals surface area contributed by atoms with Crippen molar-refractivity contribution in [1.82, 2.24) is 9.62 Å². The van der Waals surface area contributed by atoms with E-state index in [9.17, 15) is 13.2 Å². The third kappa shape index (κ3) is 4.71. The van der Waals surface area contributed by atoms with E-state index in [-0.39, 0.29) is 18.4 Å². The topological polar surface area (TPSA) is 92.5 Å². The molecule has 2 rings (SSSR count). The van der Waals surface area contributed by atoms with Gasteiger partial charge in [-0.2, -0.15) is 0 Å². The van der Waals surface area contributed by atoms with E-state index in [0.717, 1.165) is 5.56 Å². The number of carbonyl (C=O) groups excluding carboxylic acids is 1. The summed E-state index contributed by atoms with van der Waals surface area (Å²) in [7, 11) is -3.12. The smallest absolute Gasteiger partial charge is 0.224 e. The summed E-state index contributed by atoms with van der Waals surface area (Å²) in [4.78, 5) is 12.0. The van der Waals surface area contributed by atoms with Crippen LogP contribution in [0.5, 0.6) is 0 Å². The second-order valence-electron chi connectivity index (χ2n) is 5.43. The van der Waals surface area contributed by atoms with Crippen LogP contribution in [0.4, 0.5) is 5.69 Å². The van der Waals surface area contributed by atoms with Gasteiger partial charge in [0.2, 0.25) is 15.9 Å². The molecule has 116 valence electrons. The van der Waals surface area contributed by atoms with Crippen LogP contribution in [0.3, 0.4) is 0 Å². The Kier molecular flexibility index (Phi) is 4.84. The molecule has 0 saturated carbocycles. The summed E-state index contributed by atoms with van der Waals surface area (Å²) in [6, 6.07) is 7.29. The molecule has 0 atom stereocenters. The summed E-state index contributed by atoms with van der Waals surface area (Å²) in [5.41, 5.74) is 7.20. The Bertz CT molecular complexity index is 608. The van der Waals surface area contributed by atoms with Gasteiger partial charge in [-0.1, -0.05) is 12.1 Å². The van der Waals surface area contributed by atoms with E-state index >= 15 is 0 Å². The van der Waals surface area contributed by atoms with Crippen molar-refractivity contribution >= 4 is 21.6 Å². The lowest BCUT2D eigenvalue weighted by Gasteiger charge is -2.30. The monoisotopic (exact) mass is 311 g/mol. The highest BCUT2D eigenvalue weighted by Gasteiger charge is 2.25. The summed E-state index contributed by atoms with van der Waals surface area (Å²) >= 11 is 0. The highest BCUT2D eigenvalue weighted by atomic mass is 32.2. The first-order valence-electron chi connectivity index (χ1n) is 6.93.